The van der Waals surface area contributed by atoms with Crippen molar-refractivity contribution in [1.29, 1.82) is 0 Å². The van der Waals surface area contributed by atoms with E-state index in [1.54, 1.807) is 24.3 Å². The molecular weight excluding hydrogens is 394 g/mol. The molecule has 0 aliphatic heterocycles. The largest absolute Gasteiger partial charge is 0.368 e. The second kappa shape index (κ2) is 9.60. The Kier molecular flexibility index (Phi) is 6.69. The molecule has 3 amide bonds. The van der Waals surface area contributed by atoms with Gasteiger partial charge in [0.1, 0.15) is 0 Å². The average Bonchev–Trinajstić information content (AvgIpc) is 3.38. The molecule has 0 saturated heterocycles. The molecule has 0 spiro atoms. The number of aromatic nitrogens is 2. The van der Waals surface area contributed by atoms with Crippen molar-refractivity contribution in [3.8, 4) is 10.7 Å². The van der Waals surface area contributed by atoms with Crippen molar-refractivity contribution in [2.24, 2.45) is 5.73 Å². The first-order chi connectivity index (χ1) is 14.0. The van der Waals surface area contributed by atoms with Crippen molar-refractivity contribution in [3.05, 3.63) is 53.2 Å². The van der Waals surface area contributed by atoms with Gasteiger partial charge in [0.25, 0.3) is 5.91 Å². The molecule has 4 N–H and O–H groups in total. The molecule has 10 heteroatoms. The summed E-state index contributed by atoms with van der Waals surface area (Å²) in [7, 11) is 0. The lowest BCUT2D eigenvalue weighted by molar-refractivity contribution is -0.117. The van der Waals surface area contributed by atoms with Crippen LogP contribution < -0.4 is 16.4 Å². The summed E-state index contributed by atoms with van der Waals surface area (Å²) in [5.41, 5.74) is 5.92. The van der Waals surface area contributed by atoms with Crippen molar-refractivity contribution in [3.63, 3.8) is 0 Å². The predicted octanol–water partition coefficient (Wildman–Crippen LogP) is 1.97. The van der Waals surface area contributed by atoms with E-state index >= 15 is 0 Å². The van der Waals surface area contributed by atoms with Crippen molar-refractivity contribution < 1.29 is 18.9 Å². The maximum atomic E-state index is 12.1. The summed E-state index contributed by atoms with van der Waals surface area (Å²) in [5, 5.41) is 11.0. The minimum absolute atomic E-state index is 0.158. The van der Waals surface area contributed by atoms with Gasteiger partial charge >= 0.3 is 0 Å². The fourth-order valence-electron chi connectivity index (χ4n) is 2.46. The molecule has 1 aromatic carbocycles. The molecule has 2 heterocycles. The number of primary amides is 1. The number of amides is 3. The highest BCUT2D eigenvalue weighted by atomic mass is 32.1. The molecule has 150 valence electrons. The maximum Gasteiger partial charge on any atom is 0.251 e. The molecule has 0 saturated carbocycles. The Morgan fingerprint density at radius 2 is 1.93 bits per heavy atom. The van der Waals surface area contributed by atoms with Gasteiger partial charge in [0.15, 0.2) is 0 Å². The van der Waals surface area contributed by atoms with Crippen LogP contribution in [0.4, 0.5) is 5.69 Å². The number of benzene rings is 1. The molecule has 29 heavy (non-hydrogen) atoms. The van der Waals surface area contributed by atoms with E-state index in [-0.39, 0.29) is 18.9 Å². The lowest BCUT2D eigenvalue weighted by atomic mass is 10.2. The Bertz CT molecular complexity index is 982. The monoisotopic (exact) mass is 413 g/mol. The van der Waals surface area contributed by atoms with E-state index in [0.29, 0.717) is 35.8 Å². The number of nitrogens with zero attached hydrogens (tertiary/aromatic N) is 2. The summed E-state index contributed by atoms with van der Waals surface area (Å²) in [4.78, 5) is 39.8. The number of nitrogens with two attached hydrogens (primary N) is 1. The average molecular weight is 413 g/mol. The van der Waals surface area contributed by atoms with Crippen LogP contribution in [-0.2, 0) is 16.0 Å². The van der Waals surface area contributed by atoms with Crippen LogP contribution >= 0.6 is 11.3 Å². The van der Waals surface area contributed by atoms with Gasteiger partial charge in [-0.15, -0.1) is 11.3 Å². The lowest BCUT2D eigenvalue weighted by Crippen LogP contribution is -2.33. The second-order valence-electron chi connectivity index (χ2n) is 6.12. The van der Waals surface area contributed by atoms with Crippen LogP contribution in [0.15, 0.2) is 46.3 Å². The van der Waals surface area contributed by atoms with E-state index in [1.165, 1.54) is 11.3 Å². The molecule has 3 aromatic rings. The number of anilines is 1. The Hall–Kier alpha value is -3.53. The smallest absolute Gasteiger partial charge is 0.251 e. The van der Waals surface area contributed by atoms with Gasteiger partial charge in [0.05, 0.1) is 11.4 Å². The number of carbonyl (C=O) groups is 3. The van der Waals surface area contributed by atoms with E-state index in [4.69, 9.17) is 10.3 Å². The number of nitrogens with one attached hydrogen (secondary N) is 2. The summed E-state index contributed by atoms with van der Waals surface area (Å²) in [5.74, 6) is -0.144. The van der Waals surface area contributed by atoms with Crippen LogP contribution in [-0.4, -0.2) is 34.4 Å². The summed E-state index contributed by atoms with van der Waals surface area (Å²) in [6.07, 6.45) is 1.36. The molecule has 0 bridgehead atoms. The van der Waals surface area contributed by atoms with Gasteiger partial charge in [-0.1, -0.05) is 11.2 Å². The molecule has 3 rings (SSSR count). The predicted molar refractivity (Wildman–Crippen MR) is 107 cm³/mol. The molecular formula is C19H19N5O4S. The van der Waals surface area contributed by atoms with Gasteiger partial charge in [-0.2, -0.15) is 4.98 Å². The first-order valence-corrected chi connectivity index (χ1v) is 9.72. The van der Waals surface area contributed by atoms with E-state index in [1.807, 2.05) is 17.5 Å². The SMILES string of the molecule is NC(=O)CNC(=O)c1ccc(NC(=O)CCCc2nc(-c3cccs3)no2)cc1. The molecule has 0 radical (unpaired) electrons. The van der Waals surface area contributed by atoms with Crippen LogP contribution in [0.2, 0.25) is 0 Å². The third kappa shape index (κ3) is 5.98. The topological polar surface area (TPSA) is 140 Å². The number of hydrogen-bond donors (Lipinski definition) is 3. The normalized spacial score (nSPS) is 10.5. The fraction of sp³-hybridized carbons (Fsp3) is 0.211. The summed E-state index contributed by atoms with van der Waals surface area (Å²) in [6, 6.07) is 10.2. The zero-order valence-corrected chi connectivity index (χ0v) is 16.2. The molecule has 2 aromatic heterocycles. The van der Waals surface area contributed by atoms with Gasteiger partial charge in [0.2, 0.25) is 23.5 Å². The van der Waals surface area contributed by atoms with Gasteiger partial charge in [-0.05, 0) is 42.1 Å². The van der Waals surface area contributed by atoms with E-state index in [0.717, 1.165) is 4.88 Å². The van der Waals surface area contributed by atoms with Crippen LogP contribution in [0.5, 0.6) is 0 Å². The number of thiophene rings is 1. The fourth-order valence-corrected chi connectivity index (χ4v) is 3.11. The zero-order valence-electron chi connectivity index (χ0n) is 15.4. The van der Waals surface area contributed by atoms with Crippen LogP contribution in [0.1, 0.15) is 29.1 Å². The van der Waals surface area contributed by atoms with Crippen LogP contribution in [0, 0.1) is 0 Å². The Balaban J connectivity index is 1.42. The van der Waals surface area contributed by atoms with Crippen LogP contribution in [0.25, 0.3) is 10.7 Å². The lowest BCUT2D eigenvalue weighted by Gasteiger charge is -2.06. The molecule has 0 fully saturated rings. The van der Waals surface area contributed by atoms with Crippen molar-refractivity contribution in [2.45, 2.75) is 19.3 Å². The molecule has 0 atom stereocenters. The first-order valence-electron chi connectivity index (χ1n) is 8.84. The molecule has 9 nitrogen and oxygen atoms in total. The van der Waals surface area contributed by atoms with Crippen molar-refractivity contribution >= 4 is 34.7 Å². The highest BCUT2D eigenvalue weighted by Gasteiger charge is 2.11. The standard InChI is InChI=1S/C19H19N5O4S/c20-15(25)11-21-19(27)12-6-8-13(9-7-12)22-16(26)4-1-5-17-23-18(24-28-17)14-3-2-10-29-14/h2-3,6-10H,1,4-5,11H2,(H2,20,25)(H,21,27)(H,22,26). The molecule has 0 aliphatic rings. The number of carbonyl (C=O) groups excluding carboxylic acids is 3. The summed E-state index contributed by atoms with van der Waals surface area (Å²) in [6.45, 7) is -0.230. The Labute approximate surface area is 170 Å². The van der Waals surface area contributed by atoms with E-state index in [2.05, 4.69) is 20.8 Å². The third-order valence-corrected chi connectivity index (χ3v) is 4.72. The third-order valence-electron chi connectivity index (χ3n) is 3.86. The van der Waals surface area contributed by atoms with Crippen LogP contribution in [0.3, 0.4) is 0 Å². The van der Waals surface area contributed by atoms with E-state index < -0.39 is 11.8 Å². The minimum Gasteiger partial charge on any atom is -0.368 e. The van der Waals surface area contributed by atoms with Crippen molar-refractivity contribution in [1.82, 2.24) is 15.5 Å². The highest BCUT2D eigenvalue weighted by molar-refractivity contribution is 7.13. The first kappa shape index (κ1) is 20.2. The van der Waals surface area contributed by atoms with Gasteiger partial charge in [-0.25, -0.2) is 0 Å². The van der Waals surface area contributed by atoms with Gasteiger partial charge < -0.3 is 20.9 Å². The van der Waals surface area contributed by atoms with Crippen molar-refractivity contribution in [2.75, 3.05) is 11.9 Å². The van der Waals surface area contributed by atoms with Gasteiger partial charge in [-0.3, -0.25) is 14.4 Å². The van der Waals surface area contributed by atoms with E-state index in [9.17, 15) is 14.4 Å². The maximum absolute atomic E-state index is 12.1. The Morgan fingerprint density at radius 3 is 2.62 bits per heavy atom. The Morgan fingerprint density at radius 1 is 1.14 bits per heavy atom. The second-order valence-corrected chi connectivity index (χ2v) is 7.06. The zero-order chi connectivity index (χ0) is 20.6. The number of rotatable bonds is 9. The van der Waals surface area contributed by atoms with Gasteiger partial charge in [0, 0.05) is 24.1 Å². The molecule has 0 aliphatic carbocycles. The number of aryl methyl sites for hydroxylation is 1. The quantitative estimate of drug-likeness (QED) is 0.490. The number of hydrogen-bond acceptors (Lipinski definition) is 7. The summed E-state index contributed by atoms with van der Waals surface area (Å²) < 4.78 is 5.21. The summed E-state index contributed by atoms with van der Waals surface area (Å²) >= 11 is 1.53. The molecule has 0 unspecified atom stereocenters. The minimum atomic E-state index is -0.620. The highest BCUT2D eigenvalue weighted by Crippen LogP contribution is 2.21.